The maximum atomic E-state index is 3.42. The van der Waals surface area contributed by atoms with Gasteiger partial charge in [0, 0.05) is 16.3 Å². The van der Waals surface area contributed by atoms with Gasteiger partial charge in [-0.05, 0) is 19.9 Å². The Kier molecular flexibility index (Phi) is 5.43. The fraction of sp³-hybridized carbons (Fsp3) is 1.00. The highest BCUT2D eigenvalue weighted by molar-refractivity contribution is 6.08. The fourth-order valence-electron chi connectivity index (χ4n) is 0.535. The summed E-state index contributed by atoms with van der Waals surface area (Å²) < 4.78 is 0. The van der Waals surface area contributed by atoms with Crippen molar-refractivity contribution in [2.24, 2.45) is 0 Å². The first-order valence-electron chi connectivity index (χ1n) is 3.54. The molecule has 1 nitrogen and oxygen atoms in total. The van der Waals surface area contributed by atoms with E-state index >= 15 is 0 Å². The molecule has 0 aliphatic carbocycles. The molecule has 0 aromatic carbocycles. The largest absolute Gasteiger partial charge is 0.315 e. The van der Waals surface area contributed by atoms with Gasteiger partial charge >= 0.3 is 0 Å². The van der Waals surface area contributed by atoms with Gasteiger partial charge in [-0.1, -0.05) is 13.0 Å². The lowest BCUT2D eigenvalue weighted by Crippen LogP contribution is -2.25. The van der Waals surface area contributed by atoms with Crippen molar-refractivity contribution in [1.82, 2.24) is 5.32 Å². The molecule has 2 heteroatoms. The summed E-state index contributed by atoms with van der Waals surface area (Å²) >= 11 is 0. The molecule has 1 atom stereocenters. The Balaban J connectivity index is 2.86. The van der Waals surface area contributed by atoms with Crippen molar-refractivity contribution in [2.45, 2.75) is 32.4 Å². The van der Waals surface area contributed by atoms with Crippen LogP contribution >= 0.6 is 0 Å². The molecule has 0 radical (unpaired) electrons. The highest BCUT2D eigenvalue weighted by Gasteiger charge is 1.92. The van der Waals surface area contributed by atoms with Gasteiger partial charge in [-0.15, -0.1) is 0 Å². The Labute approximate surface area is 55.3 Å². The molecule has 8 heavy (non-hydrogen) atoms. The fourth-order valence-corrected chi connectivity index (χ4v) is 0.824. The van der Waals surface area contributed by atoms with Crippen LogP contribution in [0.4, 0.5) is 0 Å². The minimum absolute atomic E-state index is 0.726. The van der Waals surface area contributed by atoms with Crippen molar-refractivity contribution in [3.63, 3.8) is 0 Å². The first-order chi connectivity index (χ1) is 3.81. The monoisotopic (exact) mass is 131 g/mol. The molecular weight excluding hydrogens is 114 g/mol. The molecule has 1 unspecified atom stereocenters. The highest BCUT2D eigenvalue weighted by Crippen LogP contribution is 1.85. The van der Waals surface area contributed by atoms with Gasteiger partial charge in [-0.2, -0.15) is 0 Å². The Bertz CT molecular complexity index is 47.8. The summed E-state index contributed by atoms with van der Waals surface area (Å²) in [6.07, 6.45) is 1.25. The lowest BCUT2D eigenvalue weighted by atomic mass is 10.3. The van der Waals surface area contributed by atoms with E-state index in [1.807, 2.05) is 0 Å². The van der Waals surface area contributed by atoms with Crippen molar-refractivity contribution in [1.29, 1.82) is 0 Å². The maximum absolute atomic E-state index is 3.42. The van der Waals surface area contributed by atoms with E-state index in [0.717, 1.165) is 6.04 Å². The molecule has 0 amide bonds. The number of hydrogen-bond donors (Lipinski definition) is 1. The van der Waals surface area contributed by atoms with Gasteiger partial charge in [0.15, 0.2) is 0 Å². The van der Waals surface area contributed by atoms with Crippen LogP contribution in [0.15, 0.2) is 0 Å². The molecule has 0 spiro atoms. The zero-order valence-electron chi connectivity index (χ0n) is 6.20. The first kappa shape index (κ1) is 8.18. The van der Waals surface area contributed by atoms with E-state index < -0.39 is 0 Å². The van der Waals surface area contributed by atoms with Crippen LogP contribution < -0.4 is 5.32 Å². The van der Waals surface area contributed by atoms with Crippen molar-refractivity contribution >= 4 is 10.2 Å². The minimum atomic E-state index is 0.726. The molecule has 0 heterocycles. The molecule has 0 aliphatic rings. The predicted molar refractivity (Wildman–Crippen MR) is 42.5 cm³/mol. The third-order valence-electron chi connectivity index (χ3n) is 1.36. The quantitative estimate of drug-likeness (QED) is 0.536. The maximum Gasteiger partial charge on any atom is 0.00440 e. The zero-order chi connectivity index (χ0) is 6.41. The Morgan fingerprint density at radius 3 is 2.62 bits per heavy atom. The summed E-state index contributed by atoms with van der Waals surface area (Å²) in [4.78, 5) is 0. The molecule has 0 saturated carbocycles. The second-order valence-electron chi connectivity index (χ2n) is 2.26. The number of rotatable bonds is 4. The van der Waals surface area contributed by atoms with Crippen LogP contribution in [-0.4, -0.2) is 22.8 Å². The van der Waals surface area contributed by atoms with Crippen LogP contribution in [0.5, 0.6) is 0 Å². The van der Waals surface area contributed by atoms with E-state index in [1.54, 1.807) is 0 Å². The van der Waals surface area contributed by atoms with Crippen LogP contribution in [-0.2, 0) is 0 Å². The summed E-state index contributed by atoms with van der Waals surface area (Å²) in [7, 11) is 1.33. The number of hydrogen-bond acceptors (Lipinski definition) is 1. The van der Waals surface area contributed by atoms with E-state index in [-0.39, 0.29) is 0 Å². The molecule has 0 aromatic heterocycles. The molecule has 0 rings (SSSR count). The van der Waals surface area contributed by atoms with Gasteiger partial charge < -0.3 is 5.32 Å². The van der Waals surface area contributed by atoms with Gasteiger partial charge in [-0.3, -0.25) is 0 Å². The second-order valence-corrected chi connectivity index (χ2v) is 3.26. The molecular formula is C6H17NSi. The summed E-state index contributed by atoms with van der Waals surface area (Å²) in [6, 6.07) is 2.11. The van der Waals surface area contributed by atoms with Gasteiger partial charge in [0.1, 0.15) is 0 Å². The lowest BCUT2D eigenvalue weighted by Gasteiger charge is -2.08. The van der Waals surface area contributed by atoms with Gasteiger partial charge in [0.05, 0.1) is 0 Å². The SMILES string of the molecule is CCC(C)NCC[SiH3]. The molecule has 0 aromatic rings. The summed E-state index contributed by atoms with van der Waals surface area (Å²) in [5.41, 5.74) is 0. The standard InChI is InChI=1S/C6H17NSi/c1-3-6(2)7-4-5-8/h6-7H,3-5H2,1-2,8H3. The van der Waals surface area contributed by atoms with Crippen LogP contribution in [0.1, 0.15) is 20.3 Å². The minimum Gasteiger partial charge on any atom is -0.315 e. The predicted octanol–water partition coefficient (Wildman–Crippen LogP) is 0.158. The topological polar surface area (TPSA) is 12.0 Å². The molecule has 0 aliphatic heterocycles. The van der Waals surface area contributed by atoms with Crippen molar-refractivity contribution in [2.75, 3.05) is 6.54 Å². The van der Waals surface area contributed by atoms with Crippen LogP contribution in [0.2, 0.25) is 6.04 Å². The third kappa shape index (κ3) is 4.34. The molecule has 0 fully saturated rings. The average Bonchev–Trinajstić information content (AvgIpc) is 1.83. The second kappa shape index (κ2) is 5.32. The summed E-state index contributed by atoms with van der Waals surface area (Å²) in [5, 5.41) is 3.42. The normalized spacial score (nSPS) is 14.2. The van der Waals surface area contributed by atoms with Crippen LogP contribution in [0.25, 0.3) is 0 Å². The van der Waals surface area contributed by atoms with E-state index in [9.17, 15) is 0 Å². The van der Waals surface area contributed by atoms with Gasteiger partial charge in [0.25, 0.3) is 0 Å². The van der Waals surface area contributed by atoms with E-state index in [4.69, 9.17) is 0 Å². The Hall–Kier alpha value is 0.177. The van der Waals surface area contributed by atoms with Crippen molar-refractivity contribution in [3.8, 4) is 0 Å². The smallest absolute Gasteiger partial charge is 0.00440 e. The zero-order valence-corrected chi connectivity index (χ0v) is 8.20. The van der Waals surface area contributed by atoms with Crippen molar-refractivity contribution in [3.05, 3.63) is 0 Å². The molecule has 0 saturated heterocycles. The molecule has 0 bridgehead atoms. The Morgan fingerprint density at radius 2 is 2.25 bits per heavy atom. The van der Waals surface area contributed by atoms with Crippen LogP contribution in [0.3, 0.4) is 0 Å². The lowest BCUT2D eigenvalue weighted by molar-refractivity contribution is 0.553. The first-order valence-corrected chi connectivity index (χ1v) is 4.96. The highest BCUT2D eigenvalue weighted by atomic mass is 28.1. The average molecular weight is 131 g/mol. The third-order valence-corrected chi connectivity index (χ3v) is 1.86. The molecule has 1 N–H and O–H groups in total. The molecule has 50 valence electrons. The summed E-state index contributed by atoms with van der Waals surface area (Å²) in [6.45, 7) is 5.67. The van der Waals surface area contributed by atoms with Gasteiger partial charge in [0.2, 0.25) is 0 Å². The van der Waals surface area contributed by atoms with Crippen LogP contribution in [0, 0.1) is 0 Å². The number of nitrogens with one attached hydrogen (secondary N) is 1. The summed E-state index contributed by atoms with van der Waals surface area (Å²) in [5.74, 6) is 0. The Morgan fingerprint density at radius 1 is 1.62 bits per heavy atom. The van der Waals surface area contributed by atoms with E-state index in [2.05, 4.69) is 19.2 Å². The van der Waals surface area contributed by atoms with Gasteiger partial charge in [-0.25, -0.2) is 0 Å². The van der Waals surface area contributed by atoms with E-state index in [0.29, 0.717) is 0 Å². The van der Waals surface area contributed by atoms with E-state index in [1.165, 1.54) is 29.3 Å². The van der Waals surface area contributed by atoms with Crippen molar-refractivity contribution < 1.29 is 0 Å².